The molecular formula is C31H22FN5O3. The van der Waals surface area contributed by atoms with Crippen molar-refractivity contribution in [1.82, 2.24) is 14.8 Å². The standard InChI is InChI=1S/C31H22FN5O3/c32-24-15-11-22(12-16-24)30-27(20-35(34-30)25-9-5-2-6-10-25)29-19-28(21-13-17-26(18-14-21)37(39)40)33-36(29)31(38)23-7-3-1-4-8-23/h1-18,20,29H,19H2/t29-/m1/s1. The van der Waals surface area contributed by atoms with E-state index >= 15 is 0 Å². The van der Waals surface area contributed by atoms with Crippen LogP contribution in [-0.4, -0.2) is 31.3 Å². The van der Waals surface area contributed by atoms with Gasteiger partial charge in [-0.3, -0.25) is 14.9 Å². The quantitative estimate of drug-likeness (QED) is 0.183. The molecule has 0 saturated carbocycles. The molecule has 1 amide bonds. The number of rotatable bonds is 6. The number of benzene rings is 4. The van der Waals surface area contributed by atoms with Crippen LogP contribution in [0.4, 0.5) is 10.1 Å². The number of nitrogens with zero attached hydrogens (tertiary/aromatic N) is 5. The SMILES string of the molecule is O=C(c1ccccc1)N1N=C(c2ccc([N+](=O)[O-])cc2)C[C@@H]1c1cn(-c2ccccc2)nc1-c1ccc(F)cc1. The van der Waals surface area contributed by atoms with Crippen molar-refractivity contribution in [2.24, 2.45) is 5.10 Å². The lowest BCUT2D eigenvalue weighted by Gasteiger charge is -2.22. The summed E-state index contributed by atoms with van der Waals surface area (Å²) < 4.78 is 15.5. The molecule has 1 aliphatic rings. The number of halogens is 1. The van der Waals surface area contributed by atoms with Gasteiger partial charge < -0.3 is 0 Å². The Morgan fingerprint density at radius 3 is 2.12 bits per heavy atom. The number of carbonyl (C=O) groups excluding carboxylic acids is 1. The average Bonchev–Trinajstić information content (AvgIpc) is 3.64. The summed E-state index contributed by atoms with van der Waals surface area (Å²) >= 11 is 0. The Balaban J connectivity index is 1.47. The lowest BCUT2D eigenvalue weighted by molar-refractivity contribution is -0.384. The fourth-order valence-electron chi connectivity index (χ4n) is 4.78. The largest absolute Gasteiger partial charge is 0.274 e. The van der Waals surface area contributed by atoms with Gasteiger partial charge in [0.05, 0.1) is 28.1 Å². The van der Waals surface area contributed by atoms with Crippen LogP contribution in [-0.2, 0) is 0 Å². The molecule has 196 valence electrons. The number of hydrazone groups is 1. The molecule has 0 fully saturated rings. The molecule has 9 heteroatoms. The van der Waals surface area contributed by atoms with Gasteiger partial charge in [-0.15, -0.1) is 0 Å². The van der Waals surface area contributed by atoms with E-state index in [-0.39, 0.29) is 17.4 Å². The highest BCUT2D eigenvalue weighted by Crippen LogP contribution is 2.39. The van der Waals surface area contributed by atoms with Crippen LogP contribution in [0.15, 0.2) is 120 Å². The van der Waals surface area contributed by atoms with Gasteiger partial charge in [-0.2, -0.15) is 10.2 Å². The van der Waals surface area contributed by atoms with Gasteiger partial charge in [-0.25, -0.2) is 14.1 Å². The first-order valence-corrected chi connectivity index (χ1v) is 12.6. The molecule has 4 aromatic carbocycles. The van der Waals surface area contributed by atoms with Crippen LogP contribution < -0.4 is 0 Å². The van der Waals surface area contributed by atoms with Crippen molar-refractivity contribution in [3.8, 4) is 16.9 Å². The van der Waals surface area contributed by atoms with E-state index in [9.17, 15) is 19.3 Å². The van der Waals surface area contributed by atoms with E-state index in [1.165, 1.54) is 29.3 Å². The smallest absolute Gasteiger partial charge is 0.267 e. The zero-order chi connectivity index (χ0) is 27.6. The van der Waals surface area contributed by atoms with Gasteiger partial charge in [-0.1, -0.05) is 36.4 Å². The number of hydrogen-bond donors (Lipinski definition) is 0. The van der Waals surface area contributed by atoms with Gasteiger partial charge in [0.25, 0.3) is 11.6 Å². The molecular weight excluding hydrogens is 509 g/mol. The topological polar surface area (TPSA) is 93.6 Å². The van der Waals surface area contributed by atoms with E-state index in [2.05, 4.69) is 0 Å². The fourth-order valence-corrected chi connectivity index (χ4v) is 4.78. The van der Waals surface area contributed by atoms with Crippen molar-refractivity contribution in [2.45, 2.75) is 12.5 Å². The summed E-state index contributed by atoms with van der Waals surface area (Å²) in [6, 6.07) is 30.1. The maximum atomic E-state index is 13.8. The van der Waals surface area contributed by atoms with E-state index in [1.54, 1.807) is 53.2 Å². The van der Waals surface area contributed by atoms with E-state index in [0.29, 0.717) is 34.5 Å². The summed E-state index contributed by atoms with van der Waals surface area (Å²) in [5.74, 6) is -0.654. The second kappa shape index (κ2) is 10.4. The van der Waals surface area contributed by atoms with E-state index in [4.69, 9.17) is 10.2 Å². The number of para-hydroxylation sites is 1. The van der Waals surface area contributed by atoms with Crippen LogP contribution in [0, 0.1) is 15.9 Å². The number of non-ortho nitro benzene ring substituents is 1. The number of carbonyl (C=O) groups is 1. The molecule has 1 aliphatic heterocycles. The monoisotopic (exact) mass is 531 g/mol. The van der Waals surface area contributed by atoms with Gasteiger partial charge in [0.2, 0.25) is 0 Å². The molecule has 5 aromatic rings. The number of amides is 1. The van der Waals surface area contributed by atoms with Crippen molar-refractivity contribution in [2.75, 3.05) is 0 Å². The molecule has 40 heavy (non-hydrogen) atoms. The van der Waals surface area contributed by atoms with Crippen LogP contribution in [0.25, 0.3) is 16.9 Å². The first-order chi connectivity index (χ1) is 19.5. The predicted molar refractivity (Wildman–Crippen MR) is 149 cm³/mol. The number of nitro groups is 1. The zero-order valence-electron chi connectivity index (χ0n) is 21.1. The molecule has 1 atom stereocenters. The Bertz CT molecular complexity index is 1720. The molecule has 1 aromatic heterocycles. The molecule has 0 radical (unpaired) electrons. The van der Waals surface area contributed by atoms with Crippen molar-refractivity contribution < 1.29 is 14.1 Å². The molecule has 0 unspecified atom stereocenters. The summed E-state index contributed by atoms with van der Waals surface area (Å²) in [6.45, 7) is 0. The highest BCUT2D eigenvalue weighted by molar-refractivity contribution is 6.05. The summed E-state index contributed by atoms with van der Waals surface area (Å²) in [6.07, 6.45) is 2.23. The van der Waals surface area contributed by atoms with Crippen LogP contribution in [0.3, 0.4) is 0 Å². The van der Waals surface area contributed by atoms with Gasteiger partial charge >= 0.3 is 0 Å². The third-order valence-corrected chi connectivity index (χ3v) is 6.79. The molecule has 2 heterocycles. The Morgan fingerprint density at radius 2 is 1.48 bits per heavy atom. The minimum Gasteiger partial charge on any atom is -0.267 e. The second-order valence-electron chi connectivity index (χ2n) is 9.31. The Labute approximate surface area is 228 Å². The van der Waals surface area contributed by atoms with Crippen molar-refractivity contribution >= 4 is 17.3 Å². The highest BCUT2D eigenvalue weighted by Gasteiger charge is 2.36. The Kier molecular flexibility index (Phi) is 6.45. The maximum Gasteiger partial charge on any atom is 0.274 e. The van der Waals surface area contributed by atoms with Crippen LogP contribution in [0.1, 0.15) is 33.9 Å². The van der Waals surface area contributed by atoms with Gasteiger partial charge in [-0.05, 0) is 66.2 Å². The lowest BCUT2D eigenvalue weighted by atomic mass is 9.96. The molecule has 0 N–H and O–H groups in total. The number of nitro benzene ring substituents is 1. The van der Waals surface area contributed by atoms with Gasteiger partial charge in [0.15, 0.2) is 0 Å². The van der Waals surface area contributed by atoms with Crippen molar-refractivity contribution in [1.29, 1.82) is 0 Å². The third-order valence-electron chi connectivity index (χ3n) is 6.79. The Morgan fingerprint density at radius 1 is 0.850 bits per heavy atom. The maximum absolute atomic E-state index is 13.8. The Hall–Kier alpha value is -5.44. The summed E-state index contributed by atoms with van der Waals surface area (Å²) in [5.41, 5.74) is 4.59. The summed E-state index contributed by atoms with van der Waals surface area (Å²) in [5, 5.41) is 22.2. The molecule has 0 aliphatic carbocycles. The first-order valence-electron chi connectivity index (χ1n) is 12.6. The van der Waals surface area contributed by atoms with E-state index < -0.39 is 11.0 Å². The lowest BCUT2D eigenvalue weighted by Crippen LogP contribution is -2.27. The molecule has 0 saturated heterocycles. The van der Waals surface area contributed by atoms with Crippen molar-refractivity contribution in [3.05, 3.63) is 148 Å². The van der Waals surface area contributed by atoms with E-state index in [1.807, 2.05) is 42.6 Å². The average molecular weight is 532 g/mol. The number of hydrogen-bond acceptors (Lipinski definition) is 5. The van der Waals surface area contributed by atoms with Gasteiger partial charge in [0, 0.05) is 41.4 Å². The zero-order valence-corrected chi connectivity index (χ0v) is 21.1. The van der Waals surface area contributed by atoms with Crippen molar-refractivity contribution in [3.63, 3.8) is 0 Å². The number of aromatic nitrogens is 2. The molecule has 0 spiro atoms. The second-order valence-corrected chi connectivity index (χ2v) is 9.31. The normalized spacial score (nSPS) is 14.7. The highest BCUT2D eigenvalue weighted by atomic mass is 19.1. The summed E-state index contributed by atoms with van der Waals surface area (Å²) in [7, 11) is 0. The molecule has 0 bridgehead atoms. The first kappa shape index (κ1) is 24.9. The molecule has 8 nitrogen and oxygen atoms in total. The van der Waals surface area contributed by atoms with Gasteiger partial charge in [0.1, 0.15) is 5.82 Å². The fraction of sp³-hybridized carbons (Fsp3) is 0.0645. The predicted octanol–water partition coefficient (Wildman–Crippen LogP) is 6.58. The third kappa shape index (κ3) is 4.76. The van der Waals surface area contributed by atoms with E-state index in [0.717, 1.165) is 11.3 Å². The summed E-state index contributed by atoms with van der Waals surface area (Å²) in [4.78, 5) is 24.5. The molecule has 6 rings (SSSR count). The van der Waals surface area contributed by atoms with Crippen LogP contribution in [0.5, 0.6) is 0 Å². The minimum absolute atomic E-state index is 0.0288. The minimum atomic E-state index is -0.532. The van der Waals surface area contributed by atoms with Crippen LogP contribution >= 0.6 is 0 Å². The van der Waals surface area contributed by atoms with Crippen LogP contribution in [0.2, 0.25) is 0 Å².